The van der Waals surface area contributed by atoms with Gasteiger partial charge < -0.3 is 14.8 Å². The molecule has 0 unspecified atom stereocenters. The van der Waals surface area contributed by atoms with Crippen LogP contribution in [0.2, 0.25) is 0 Å². The molecule has 1 N–H and O–H groups in total. The molecule has 122 valence electrons. The van der Waals surface area contributed by atoms with Crippen LogP contribution in [0.4, 0.5) is 14.5 Å². The molecule has 23 heavy (non-hydrogen) atoms. The predicted molar refractivity (Wildman–Crippen MR) is 83.1 cm³/mol. The first-order valence-electron chi connectivity index (χ1n) is 7.21. The summed E-state index contributed by atoms with van der Waals surface area (Å²) in [5.41, 5.74) is -0.359. The minimum absolute atomic E-state index is 0.283. The Labute approximate surface area is 133 Å². The summed E-state index contributed by atoms with van der Waals surface area (Å²) in [6, 6.07) is 8.11. The zero-order valence-electron chi connectivity index (χ0n) is 12.9. The van der Waals surface area contributed by atoms with E-state index in [1.807, 2.05) is 6.92 Å². The van der Waals surface area contributed by atoms with Crippen LogP contribution in [0, 0.1) is 11.6 Å². The Hall–Kier alpha value is -2.63. The number of hydrogen-bond acceptors (Lipinski definition) is 3. The molecule has 0 aromatic heterocycles. The van der Waals surface area contributed by atoms with E-state index < -0.39 is 23.1 Å². The van der Waals surface area contributed by atoms with Gasteiger partial charge in [0.05, 0.1) is 18.9 Å². The van der Waals surface area contributed by atoms with Crippen LogP contribution in [0.3, 0.4) is 0 Å². The fourth-order valence-corrected chi connectivity index (χ4v) is 2.04. The van der Waals surface area contributed by atoms with E-state index in [4.69, 9.17) is 9.47 Å². The molecule has 2 aromatic rings. The molecule has 1 amide bonds. The number of anilines is 1. The van der Waals surface area contributed by atoms with Crippen molar-refractivity contribution >= 4 is 11.6 Å². The van der Waals surface area contributed by atoms with Gasteiger partial charge in [-0.2, -0.15) is 0 Å². The maximum atomic E-state index is 13.7. The zero-order valence-corrected chi connectivity index (χ0v) is 12.9. The maximum Gasteiger partial charge on any atom is 0.261 e. The average Bonchev–Trinajstić information content (AvgIpc) is 2.50. The summed E-state index contributed by atoms with van der Waals surface area (Å²) in [4.78, 5) is 12.2. The fraction of sp³-hybridized carbons (Fsp3) is 0.235. The molecule has 0 aliphatic heterocycles. The molecule has 0 spiro atoms. The van der Waals surface area contributed by atoms with E-state index >= 15 is 0 Å². The lowest BCUT2D eigenvalue weighted by Gasteiger charge is -2.14. The topological polar surface area (TPSA) is 47.6 Å². The van der Waals surface area contributed by atoms with Crippen molar-refractivity contribution in [2.45, 2.75) is 13.8 Å². The Balaban J connectivity index is 2.33. The molecule has 0 bridgehead atoms. The Morgan fingerprint density at radius 2 is 1.70 bits per heavy atom. The van der Waals surface area contributed by atoms with Gasteiger partial charge in [-0.15, -0.1) is 0 Å². The van der Waals surface area contributed by atoms with Gasteiger partial charge in [0.15, 0.2) is 0 Å². The van der Waals surface area contributed by atoms with Crippen molar-refractivity contribution in [1.82, 2.24) is 0 Å². The first-order valence-corrected chi connectivity index (χ1v) is 7.21. The molecule has 2 rings (SSSR count). The standard InChI is InChI=1S/C17H17F2NO3/c1-3-22-11-8-9-15(23-4-2)14(10-11)20-17(21)16-12(18)6-5-7-13(16)19/h5-10H,3-4H2,1-2H3,(H,20,21). The third-order valence-electron chi connectivity index (χ3n) is 3.00. The van der Waals surface area contributed by atoms with E-state index in [2.05, 4.69) is 5.32 Å². The molecule has 0 radical (unpaired) electrons. The van der Waals surface area contributed by atoms with Crippen LogP contribution in [0.1, 0.15) is 24.2 Å². The van der Waals surface area contributed by atoms with Crippen molar-refractivity contribution in [1.29, 1.82) is 0 Å². The smallest absolute Gasteiger partial charge is 0.261 e. The van der Waals surface area contributed by atoms with Gasteiger partial charge in [-0.25, -0.2) is 8.78 Å². The number of ether oxygens (including phenoxy) is 2. The van der Waals surface area contributed by atoms with Crippen molar-refractivity contribution in [2.24, 2.45) is 0 Å². The van der Waals surface area contributed by atoms with Crippen molar-refractivity contribution < 1.29 is 23.0 Å². The molecule has 0 saturated heterocycles. The van der Waals surface area contributed by atoms with E-state index in [9.17, 15) is 13.6 Å². The van der Waals surface area contributed by atoms with E-state index in [-0.39, 0.29) is 5.69 Å². The zero-order chi connectivity index (χ0) is 16.8. The maximum absolute atomic E-state index is 13.7. The second kappa shape index (κ2) is 7.58. The molecular weight excluding hydrogens is 304 g/mol. The Morgan fingerprint density at radius 1 is 1.04 bits per heavy atom. The summed E-state index contributed by atoms with van der Waals surface area (Å²) in [5.74, 6) is -1.85. The molecule has 4 nitrogen and oxygen atoms in total. The van der Waals surface area contributed by atoms with E-state index in [1.54, 1.807) is 25.1 Å². The first-order chi connectivity index (χ1) is 11.1. The molecule has 0 aliphatic carbocycles. The Kier molecular flexibility index (Phi) is 5.51. The van der Waals surface area contributed by atoms with Crippen LogP contribution >= 0.6 is 0 Å². The highest BCUT2D eigenvalue weighted by molar-refractivity contribution is 6.05. The molecule has 0 fully saturated rings. The number of carbonyl (C=O) groups excluding carboxylic acids is 1. The van der Waals surface area contributed by atoms with E-state index in [0.29, 0.717) is 24.7 Å². The minimum Gasteiger partial charge on any atom is -0.494 e. The number of hydrogen-bond donors (Lipinski definition) is 1. The summed E-state index contributed by atoms with van der Waals surface area (Å²) in [6.07, 6.45) is 0. The summed E-state index contributed by atoms with van der Waals surface area (Å²) >= 11 is 0. The van der Waals surface area contributed by atoms with Gasteiger partial charge in [-0.05, 0) is 38.1 Å². The highest BCUT2D eigenvalue weighted by atomic mass is 19.1. The monoisotopic (exact) mass is 321 g/mol. The van der Waals surface area contributed by atoms with Gasteiger partial charge in [0.2, 0.25) is 0 Å². The lowest BCUT2D eigenvalue weighted by Crippen LogP contribution is -2.16. The highest BCUT2D eigenvalue weighted by Crippen LogP contribution is 2.30. The Bertz CT molecular complexity index is 684. The van der Waals surface area contributed by atoms with Gasteiger partial charge in [0.25, 0.3) is 5.91 Å². The lowest BCUT2D eigenvalue weighted by molar-refractivity contribution is 0.101. The third kappa shape index (κ3) is 3.97. The normalized spacial score (nSPS) is 10.3. The molecule has 0 saturated carbocycles. The predicted octanol–water partition coefficient (Wildman–Crippen LogP) is 4.01. The summed E-state index contributed by atoms with van der Waals surface area (Å²) in [6.45, 7) is 4.44. The van der Waals surface area contributed by atoms with Crippen LogP contribution in [0.15, 0.2) is 36.4 Å². The van der Waals surface area contributed by atoms with E-state index in [1.165, 1.54) is 6.07 Å². The molecule has 6 heteroatoms. The summed E-state index contributed by atoms with van der Waals surface area (Å²) in [5, 5.41) is 2.47. The molecular formula is C17H17F2NO3. The van der Waals surface area contributed by atoms with Crippen molar-refractivity contribution in [3.63, 3.8) is 0 Å². The van der Waals surface area contributed by atoms with Gasteiger partial charge in [-0.1, -0.05) is 6.07 Å². The van der Waals surface area contributed by atoms with Crippen LogP contribution in [-0.2, 0) is 0 Å². The second-order valence-corrected chi connectivity index (χ2v) is 4.57. The van der Waals surface area contributed by atoms with Gasteiger partial charge in [-0.3, -0.25) is 4.79 Å². The molecule has 0 aliphatic rings. The largest absolute Gasteiger partial charge is 0.494 e. The van der Waals surface area contributed by atoms with E-state index in [0.717, 1.165) is 12.1 Å². The number of nitrogens with one attached hydrogen (secondary N) is 1. The highest BCUT2D eigenvalue weighted by Gasteiger charge is 2.19. The van der Waals surface area contributed by atoms with Crippen molar-refractivity contribution in [3.8, 4) is 11.5 Å². The number of benzene rings is 2. The fourth-order valence-electron chi connectivity index (χ4n) is 2.04. The van der Waals surface area contributed by atoms with Crippen LogP contribution < -0.4 is 14.8 Å². The Morgan fingerprint density at radius 3 is 2.30 bits per heavy atom. The molecule has 0 atom stereocenters. The number of halogens is 2. The van der Waals surface area contributed by atoms with Crippen LogP contribution in [0.25, 0.3) is 0 Å². The summed E-state index contributed by atoms with van der Waals surface area (Å²) in [7, 11) is 0. The van der Waals surface area contributed by atoms with Crippen LogP contribution in [0.5, 0.6) is 11.5 Å². The van der Waals surface area contributed by atoms with Gasteiger partial charge in [0.1, 0.15) is 28.7 Å². The van der Waals surface area contributed by atoms with Crippen LogP contribution in [-0.4, -0.2) is 19.1 Å². The van der Waals surface area contributed by atoms with Gasteiger partial charge in [0, 0.05) is 6.07 Å². The van der Waals surface area contributed by atoms with Crippen molar-refractivity contribution in [2.75, 3.05) is 18.5 Å². The van der Waals surface area contributed by atoms with Gasteiger partial charge >= 0.3 is 0 Å². The lowest BCUT2D eigenvalue weighted by atomic mass is 10.1. The second-order valence-electron chi connectivity index (χ2n) is 4.57. The molecule has 2 aromatic carbocycles. The van der Waals surface area contributed by atoms with Crippen molar-refractivity contribution in [3.05, 3.63) is 53.6 Å². The molecule has 0 heterocycles. The first kappa shape index (κ1) is 16.7. The quantitative estimate of drug-likeness (QED) is 0.874. The summed E-state index contributed by atoms with van der Waals surface area (Å²) < 4.78 is 38.2. The number of rotatable bonds is 6. The third-order valence-corrected chi connectivity index (χ3v) is 3.00. The number of amides is 1. The number of carbonyl (C=O) groups is 1. The average molecular weight is 321 g/mol. The minimum atomic E-state index is -0.929. The SMILES string of the molecule is CCOc1ccc(OCC)c(NC(=O)c2c(F)cccc2F)c1.